The summed E-state index contributed by atoms with van der Waals surface area (Å²) >= 11 is 3.53. The number of aryl methyl sites for hydroxylation is 1. The van der Waals surface area contributed by atoms with E-state index in [2.05, 4.69) is 84.1 Å². The summed E-state index contributed by atoms with van der Waals surface area (Å²) < 4.78 is 1.07. The van der Waals surface area contributed by atoms with Crippen molar-refractivity contribution in [2.45, 2.75) is 58.5 Å². The highest BCUT2D eigenvalue weighted by Crippen LogP contribution is 2.35. The molecule has 146 valence electrons. The van der Waals surface area contributed by atoms with Gasteiger partial charge in [0.1, 0.15) is 0 Å². The van der Waals surface area contributed by atoms with Crippen molar-refractivity contribution in [1.82, 2.24) is 14.9 Å². The van der Waals surface area contributed by atoms with E-state index in [4.69, 9.17) is 9.97 Å². The molecule has 1 aliphatic rings. The van der Waals surface area contributed by atoms with Gasteiger partial charge in [-0.1, -0.05) is 53.0 Å². The molecule has 0 spiro atoms. The highest BCUT2D eigenvalue weighted by atomic mass is 79.9. The lowest BCUT2D eigenvalue weighted by Gasteiger charge is -2.39. The average Bonchev–Trinajstić information content (AvgIpc) is 2.70. The quantitative estimate of drug-likeness (QED) is 0.454. The normalized spacial score (nSPS) is 19.1. The van der Waals surface area contributed by atoms with Crippen molar-refractivity contribution in [1.29, 1.82) is 0 Å². The molecule has 0 saturated carbocycles. The van der Waals surface area contributed by atoms with Crippen molar-refractivity contribution >= 4 is 26.8 Å². The zero-order valence-corrected chi connectivity index (χ0v) is 18.5. The summed E-state index contributed by atoms with van der Waals surface area (Å²) in [4.78, 5) is 12.7. The fourth-order valence-electron chi connectivity index (χ4n) is 4.42. The van der Waals surface area contributed by atoms with Gasteiger partial charge < -0.3 is 0 Å². The average molecular weight is 438 g/mol. The van der Waals surface area contributed by atoms with Gasteiger partial charge in [0.15, 0.2) is 5.82 Å². The minimum Gasteiger partial charge on any atom is -0.292 e. The Morgan fingerprint density at radius 2 is 1.89 bits per heavy atom. The Morgan fingerprint density at radius 3 is 2.61 bits per heavy atom. The Balaban J connectivity index is 1.88. The number of piperidine rings is 1. The Kier molecular flexibility index (Phi) is 5.79. The third kappa shape index (κ3) is 3.85. The summed E-state index contributed by atoms with van der Waals surface area (Å²) in [7, 11) is 0. The van der Waals surface area contributed by atoms with Crippen LogP contribution < -0.4 is 0 Å². The van der Waals surface area contributed by atoms with E-state index in [9.17, 15) is 0 Å². The summed E-state index contributed by atoms with van der Waals surface area (Å²) in [6, 6.07) is 15.8. The number of nitrogens with zero attached hydrogens (tertiary/aromatic N) is 3. The second-order valence-corrected chi connectivity index (χ2v) is 8.88. The fourth-order valence-corrected chi connectivity index (χ4v) is 4.68. The first-order valence-corrected chi connectivity index (χ1v) is 11.2. The van der Waals surface area contributed by atoms with Gasteiger partial charge in [0, 0.05) is 21.5 Å². The van der Waals surface area contributed by atoms with Gasteiger partial charge in [0.2, 0.25) is 0 Å². The molecular weight excluding hydrogens is 410 g/mol. The molecule has 1 aliphatic heterocycles. The Morgan fingerprint density at radius 1 is 1.11 bits per heavy atom. The van der Waals surface area contributed by atoms with Crippen molar-refractivity contribution in [3.05, 3.63) is 58.2 Å². The van der Waals surface area contributed by atoms with Crippen LogP contribution in [0, 0.1) is 6.92 Å². The van der Waals surface area contributed by atoms with Crippen molar-refractivity contribution in [2.75, 3.05) is 6.54 Å². The second kappa shape index (κ2) is 8.30. The van der Waals surface area contributed by atoms with Crippen LogP contribution in [0.1, 0.15) is 56.8 Å². The molecule has 3 aromatic rings. The number of hydrogen-bond donors (Lipinski definition) is 0. The number of benzene rings is 2. The monoisotopic (exact) mass is 437 g/mol. The van der Waals surface area contributed by atoms with Crippen LogP contribution in [0.15, 0.2) is 46.9 Å². The van der Waals surface area contributed by atoms with Crippen LogP contribution in [-0.4, -0.2) is 27.5 Å². The first-order valence-electron chi connectivity index (χ1n) is 10.4. The molecule has 3 nitrogen and oxygen atoms in total. The summed E-state index contributed by atoms with van der Waals surface area (Å²) in [6.45, 7) is 7.96. The molecule has 28 heavy (non-hydrogen) atoms. The summed E-state index contributed by atoms with van der Waals surface area (Å²) in [6.07, 6.45) is 4.95. The predicted molar refractivity (Wildman–Crippen MR) is 120 cm³/mol. The van der Waals surface area contributed by atoms with Crippen molar-refractivity contribution < 1.29 is 0 Å². The first-order chi connectivity index (χ1) is 13.6. The second-order valence-electron chi connectivity index (χ2n) is 7.97. The Hall–Kier alpha value is -1.78. The smallest absolute Gasteiger partial charge is 0.160 e. The zero-order chi connectivity index (χ0) is 19.7. The largest absolute Gasteiger partial charge is 0.292 e. The third-order valence-electron chi connectivity index (χ3n) is 5.94. The van der Waals surface area contributed by atoms with Crippen LogP contribution in [0.2, 0.25) is 0 Å². The maximum absolute atomic E-state index is 5.15. The highest BCUT2D eigenvalue weighted by molar-refractivity contribution is 9.10. The van der Waals surface area contributed by atoms with Crippen LogP contribution >= 0.6 is 15.9 Å². The molecule has 2 aromatic carbocycles. The molecule has 0 aliphatic carbocycles. The Bertz CT molecular complexity index is 967. The van der Waals surface area contributed by atoms with Gasteiger partial charge in [-0.3, -0.25) is 4.90 Å². The molecule has 4 heteroatoms. The summed E-state index contributed by atoms with van der Waals surface area (Å²) in [5.74, 6) is 0.821. The van der Waals surface area contributed by atoms with Crippen LogP contribution in [-0.2, 0) is 0 Å². The minimum absolute atomic E-state index is 0.330. The van der Waals surface area contributed by atoms with E-state index in [1.54, 1.807) is 0 Å². The van der Waals surface area contributed by atoms with Gasteiger partial charge >= 0.3 is 0 Å². The lowest BCUT2D eigenvalue weighted by molar-refractivity contribution is 0.101. The summed E-state index contributed by atoms with van der Waals surface area (Å²) in [5.41, 5.74) is 4.54. The molecule has 4 rings (SSSR count). The van der Waals surface area contributed by atoms with E-state index in [0.717, 1.165) is 34.3 Å². The van der Waals surface area contributed by atoms with Gasteiger partial charge in [-0.2, -0.15) is 0 Å². The molecule has 0 radical (unpaired) electrons. The van der Waals surface area contributed by atoms with Gasteiger partial charge in [0.25, 0.3) is 0 Å². The van der Waals surface area contributed by atoms with Crippen LogP contribution in [0.5, 0.6) is 0 Å². The van der Waals surface area contributed by atoms with Gasteiger partial charge in [0.05, 0.1) is 17.3 Å². The van der Waals surface area contributed by atoms with Crippen molar-refractivity contribution in [3.8, 4) is 11.4 Å². The molecule has 2 unspecified atom stereocenters. The molecule has 0 amide bonds. The summed E-state index contributed by atoms with van der Waals surface area (Å²) in [5, 5.41) is 1.20. The number of likely N-dealkylation sites (tertiary alicyclic amines) is 1. The van der Waals surface area contributed by atoms with E-state index in [1.807, 2.05) is 0 Å². The molecule has 2 atom stereocenters. The van der Waals surface area contributed by atoms with E-state index >= 15 is 0 Å². The SMILES string of the molecule is CCC(c1nc(-c2ccc(Br)cc2)nc2ccc(C)cc12)N1CCCCC1C. The van der Waals surface area contributed by atoms with E-state index in [0.29, 0.717) is 12.1 Å². The number of halogens is 1. The van der Waals surface area contributed by atoms with Gasteiger partial charge in [-0.25, -0.2) is 9.97 Å². The molecule has 2 heterocycles. The Labute approximate surface area is 176 Å². The molecule has 1 saturated heterocycles. The fraction of sp³-hybridized carbons (Fsp3) is 0.417. The molecule has 0 bridgehead atoms. The van der Waals surface area contributed by atoms with Gasteiger partial charge in [-0.15, -0.1) is 0 Å². The molecule has 1 fully saturated rings. The van der Waals surface area contributed by atoms with E-state index in [-0.39, 0.29) is 0 Å². The standard InChI is InChI=1S/C24H28BrN3/c1-4-22(28-14-6-5-7-17(28)3)23-20-15-16(2)8-13-21(20)26-24(27-23)18-9-11-19(25)12-10-18/h8-13,15,17,22H,4-7,14H2,1-3H3. The maximum Gasteiger partial charge on any atom is 0.160 e. The van der Waals surface area contributed by atoms with E-state index < -0.39 is 0 Å². The van der Waals surface area contributed by atoms with E-state index in [1.165, 1.54) is 35.9 Å². The van der Waals surface area contributed by atoms with Crippen LogP contribution in [0.3, 0.4) is 0 Å². The third-order valence-corrected chi connectivity index (χ3v) is 6.47. The zero-order valence-electron chi connectivity index (χ0n) is 17.0. The van der Waals surface area contributed by atoms with Crippen LogP contribution in [0.25, 0.3) is 22.3 Å². The topological polar surface area (TPSA) is 29.0 Å². The first kappa shape index (κ1) is 19.5. The molecular formula is C24H28BrN3. The number of fused-ring (bicyclic) bond motifs is 1. The van der Waals surface area contributed by atoms with Crippen molar-refractivity contribution in [2.24, 2.45) is 0 Å². The predicted octanol–water partition coefficient (Wildman–Crippen LogP) is 6.69. The number of rotatable bonds is 4. The lowest BCUT2D eigenvalue weighted by atomic mass is 9.96. The van der Waals surface area contributed by atoms with Crippen molar-refractivity contribution in [3.63, 3.8) is 0 Å². The molecule has 1 aromatic heterocycles. The molecule has 0 N–H and O–H groups in total. The lowest BCUT2D eigenvalue weighted by Crippen LogP contribution is -2.40. The number of aromatic nitrogens is 2. The van der Waals surface area contributed by atoms with Gasteiger partial charge in [-0.05, 0) is 63.9 Å². The van der Waals surface area contributed by atoms with Crippen LogP contribution in [0.4, 0.5) is 0 Å². The maximum atomic E-state index is 5.15. The highest BCUT2D eigenvalue weighted by Gasteiger charge is 2.29. The minimum atomic E-state index is 0.330. The number of hydrogen-bond acceptors (Lipinski definition) is 3.